The minimum Gasteiger partial charge on any atom is -0.493 e. The van der Waals surface area contributed by atoms with Gasteiger partial charge in [-0.25, -0.2) is 4.98 Å². The molecule has 0 aliphatic rings. The number of halogens is 1. The minimum absolute atomic E-state index is 0.188. The quantitative estimate of drug-likeness (QED) is 0.240. The average molecular weight is 586 g/mol. The van der Waals surface area contributed by atoms with E-state index in [1.807, 2.05) is 30.5 Å². The van der Waals surface area contributed by atoms with E-state index in [0.717, 1.165) is 10.2 Å². The van der Waals surface area contributed by atoms with Crippen LogP contribution in [0, 0.1) is 0 Å². The summed E-state index contributed by atoms with van der Waals surface area (Å²) in [4.78, 5) is 17.3. The molecule has 0 radical (unpaired) electrons. The Balaban J connectivity index is 1.37. The number of benzene rings is 2. The molecule has 1 amide bonds. The number of methoxy groups -OCH3 is 3. The van der Waals surface area contributed by atoms with Crippen LogP contribution in [0.2, 0.25) is 0 Å². The second kappa shape index (κ2) is 11.9. The molecule has 4 aromatic rings. The van der Waals surface area contributed by atoms with Gasteiger partial charge in [-0.1, -0.05) is 0 Å². The first-order valence-electron chi connectivity index (χ1n) is 11.0. The molecule has 192 valence electrons. The summed E-state index contributed by atoms with van der Waals surface area (Å²) < 4.78 is 22.8. The Hall–Kier alpha value is -3.90. The zero-order valence-corrected chi connectivity index (χ0v) is 22.8. The minimum atomic E-state index is -0.359. The number of nitrogens with zero attached hydrogens (tertiary/aromatic N) is 3. The fraction of sp³-hybridized carbons (Fsp3) is 0.200. The second-order valence-electron chi connectivity index (χ2n) is 7.61. The lowest BCUT2D eigenvalue weighted by molar-refractivity contribution is 0.0942. The van der Waals surface area contributed by atoms with E-state index in [9.17, 15) is 4.79 Å². The number of carbonyl (C=O) groups is 1. The van der Waals surface area contributed by atoms with Crippen molar-refractivity contribution in [2.24, 2.45) is 0 Å². The zero-order valence-electron chi connectivity index (χ0n) is 20.4. The first-order valence-corrected chi connectivity index (χ1v) is 12.7. The van der Waals surface area contributed by atoms with E-state index >= 15 is 0 Å². The predicted molar refractivity (Wildman–Crippen MR) is 144 cm³/mol. The summed E-state index contributed by atoms with van der Waals surface area (Å²) >= 11 is 4.73. The lowest BCUT2D eigenvalue weighted by Gasteiger charge is -2.15. The first-order chi connectivity index (χ1) is 17.9. The number of nitrogens with one attached hydrogen (secondary N) is 2. The largest absolute Gasteiger partial charge is 0.493 e. The number of hydrogen-bond acceptors (Lipinski definition) is 10. The number of ether oxygens (including phenoxy) is 4. The van der Waals surface area contributed by atoms with Gasteiger partial charge in [0.25, 0.3) is 5.91 Å². The molecule has 2 aromatic heterocycles. The fourth-order valence-electron chi connectivity index (χ4n) is 3.32. The standard InChI is InChI=1S/C25H24BrN5O5S/c1-14(28-24(32)23-18(26)9-10-37-23)19-13-27-25(31-30-19)29-15-5-7-16(8-6-15)36-17-11-20(33-2)22(35-4)21(12-17)34-3/h5-14H,1-4H3,(H,28,32)(H,27,29,31). The zero-order chi connectivity index (χ0) is 26.4. The number of anilines is 2. The number of amides is 1. The Morgan fingerprint density at radius 1 is 0.973 bits per heavy atom. The maximum absolute atomic E-state index is 12.4. The van der Waals surface area contributed by atoms with Crippen LogP contribution in [0.3, 0.4) is 0 Å². The summed E-state index contributed by atoms with van der Waals surface area (Å²) in [5.41, 5.74) is 1.29. The molecule has 0 aliphatic carbocycles. The van der Waals surface area contributed by atoms with Gasteiger partial charge in [0.05, 0.1) is 33.6 Å². The van der Waals surface area contributed by atoms with Gasteiger partial charge in [0, 0.05) is 22.3 Å². The molecule has 0 bridgehead atoms. The van der Waals surface area contributed by atoms with Crippen molar-refractivity contribution in [1.82, 2.24) is 20.5 Å². The van der Waals surface area contributed by atoms with Crippen LogP contribution in [-0.4, -0.2) is 42.4 Å². The molecule has 1 atom stereocenters. The SMILES string of the molecule is COc1cc(Oc2ccc(Nc3ncc(C(C)NC(=O)c4sccc4Br)nn3)cc2)cc(OC)c1OC. The Morgan fingerprint density at radius 2 is 1.68 bits per heavy atom. The molecule has 0 aliphatic heterocycles. The summed E-state index contributed by atoms with van der Waals surface area (Å²) in [6, 6.07) is 12.2. The van der Waals surface area contributed by atoms with E-state index in [4.69, 9.17) is 18.9 Å². The molecule has 37 heavy (non-hydrogen) atoms. The molecule has 1 unspecified atom stereocenters. The van der Waals surface area contributed by atoms with Crippen molar-refractivity contribution in [3.05, 3.63) is 69.1 Å². The van der Waals surface area contributed by atoms with Crippen molar-refractivity contribution in [1.29, 1.82) is 0 Å². The van der Waals surface area contributed by atoms with Crippen LogP contribution in [0.4, 0.5) is 11.6 Å². The van der Waals surface area contributed by atoms with Crippen LogP contribution in [0.5, 0.6) is 28.7 Å². The Kier molecular flexibility index (Phi) is 8.41. The molecule has 4 rings (SSSR count). The van der Waals surface area contributed by atoms with E-state index in [1.165, 1.54) is 11.3 Å². The van der Waals surface area contributed by atoms with Crippen LogP contribution in [0.25, 0.3) is 0 Å². The number of thiophene rings is 1. The summed E-state index contributed by atoms with van der Waals surface area (Å²) in [6.45, 7) is 1.82. The second-order valence-corrected chi connectivity index (χ2v) is 9.38. The normalized spacial score (nSPS) is 11.4. The maximum atomic E-state index is 12.4. The molecular formula is C25H24BrN5O5S. The molecule has 12 heteroatoms. The number of rotatable bonds is 10. The van der Waals surface area contributed by atoms with Gasteiger partial charge in [0.2, 0.25) is 11.7 Å². The predicted octanol–water partition coefficient (Wildman–Crippen LogP) is 5.75. The molecular weight excluding hydrogens is 562 g/mol. The third kappa shape index (κ3) is 6.27. The van der Waals surface area contributed by atoms with Crippen molar-refractivity contribution in [2.45, 2.75) is 13.0 Å². The highest BCUT2D eigenvalue weighted by molar-refractivity contribution is 9.10. The molecule has 2 N–H and O–H groups in total. The molecule has 0 saturated carbocycles. The summed E-state index contributed by atoms with van der Waals surface area (Å²) in [6.07, 6.45) is 1.58. The lowest BCUT2D eigenvalue weighted by atomic mass is 10.2. The van der Waals surface area contributed by atoms with Gasteiger partial charge in [0.15, 0.2) is 11.5 Å². The van der Waals surface area contributed by atoms with E-state index in [0.29, 0.717) is 45.3 Å². The van der Waals surface area contributed by atoms with E-state index in [1.54, 1.807) is 51.8 Å². The van der Waals surface area contributed by atoms with E-state index in [-0.39, 0.29) is 11.9 Å². The van der Waals surface area contributed by atoms with Gasteiger partial charge in [-0.2, -0.15) is 0 Å². The highest BCUT2D eigenvalue weighted by Crippen LogP contribution is 2.42. The average Bonchev–Trinajstić information content (AvgIpc) is 3.35. The molecule has 0 spiro atoms. The van der Waals surface area contributed by atoms with Crippen molar-refractivity contribution in [2.75, 3.05) is 26.6 Å². The van der Waals surface area contributed by atoms with Crippen LogP contribution in [-0.2, 0) is 0 Å². The maximum Gasteiger partial charge on any atom is 0.263 e. The van der Waals surface area contributed by atoms with Gasteiger partial charge >= 0.3 is 0 Å². The number of carbonyl (C=O) groups excluding carboxylic acids is 1. The third-order valence-electron chi connectivity index (χ3n) is 5.18. The topological polar surface area (TPSA) is 117 Å². The van der Waals surface area contributed by atoms with Crippen LogP contribution >= 0.6 is 27.3 Å². The Morgan fingerprint density at radius 3 is 2.22 bits per heavy atom. The Labute approximate surface area is 226 Å². The highest BCUT2D eigenvalue weighted by Gasteiger charge is 2.17. The fourth-order valence-corrected chi connectivity index (χ4v) is 4.77. The number of aromatic nitrogens is 3. The van der Waals surface area contributed by atoms with Gasteiger partial charge in [-0.15, -0.1) is 21.5 Å². The molecule has 10 nitrogen and oxygen atoms in total. The molecule has 0 fully saturated rings. The molecule has 2 aromatic carbocycles. The van der Waals surface area contributed by atoms with Gasteiger partial charge in [-0.3, -0.25) is 4.79 Å². The van der Waals surface area contributed by atoms with Crippen molar-refractivity contribution in [3.63, 3.8) is 0 Å². The van der Waals surface area contributed by atoms with Crippen LogP contribution in [0.15, 0.2) is 58.5 Å². The van der Waals surface area contributed by atoms with Crippen LogP contribution in [0.1, 0.15) is 28.3 Å². The van der Waals surface area contributed by atoms with Gasteiger partial charge < -0.3 is 29.6 Å². The molecule has 0 saturated heterocycles. The number of hydrogen-bond donors (Lipinski definition) is 2. The smallest absolute Gasteiger partial charge is 0.263 e. The Bertz CT molecular complexity index is 1340. The van der Waals surface area contributed by atoms with Crippen molar-refractivity contribution < 1.29 is 23.7 Å². The summed E-state index contributed by atoms with van der Waals surface area (Å²) in [5, 5.41) is 16.2. The third-order valence-corrected chi connectivity index (χ3v) is 7.01. The van der Waals surface area contributed by atoms with E-state index in [2.05, 4.69) is 41.7 Å². The first kappa shape index (κ1) is 26.2. The van der Waals surface area contributed by atoms with Gasteiger partial charge in [-0.05, 0) is 58.6 Å². The monoisotopic (exact) mass is 585 g/mol. The van der Waals surface area contributed by atoms with Crippen molar-refractivity contribution >= 4 is 44.8 Å². The van der Waals surface area contributed by atoms with Gasteiger partial charge in [0.1, 0.15) is 22.1 Å². The van der Waals surface area contributed by atoms with Crippen LogP contribution < -0.4 is 29.6 Å². The van der Waals surface area contributed by atoms with Crippen molar-refractivity contribution in [3.8, 4) is 28.7 Å². The summed E-state index contributed by atoms with van der Waals surface area (Å²) in [5.74, 6) is 2.76. The van der Waals surface area contributed by atoms with E-state index < -0.39 is 0 Å². The molecule has 2 heterocycles. The summed E-state index contributed by atoms with van der Waals surface area (Å²) in [7, 11) is 4.64. The lowest BCUT2D eigenvalue weighted by Crippen LogP contribution is -2.27. The highest BCUT2D eigenvalue weighted by atomic mass is 79.9.